The average molecular weight is 257 g/mol. The summed E-state index contributed by atoms with van der Waals surface area (Å²) in [6, 6.07) is 9.79. The summed E-state index contributed by atoms with van der Waals surface area (Å²) >= 11 is 0. The molecule has 0 spiro atoms. The van der Waals surface area contributed by atoms with Gasteiger partial charge in [0.1, 0.15) is 5.75 Å². The summed E-state index contributed by atoms with van der Waals surface area (Å²) in [4.78, 5) is 8.89. The summed E-state index contributed by atoms with van der Waals surface area (Å²) < 4.78 is 5.34. The largest absolute Gasteiger partial charge is 0.496 e. The Balaban J connectivity index is 2.32. The van der Waals surface area contributed by atoms with Gasteiger partial charge in [-0.3, -0.25) is 0 Å². The Kier molecular flexibility index (Phi) is 4.47. The molecule has 19 heavy (non-hydrogen) atoms. The summed E-state index contributed by atoms with van der Waals surface area (Å²) in [5.74, 6) is 1.46. The van der Waals surface area contributed by atoms with Crippen molar-refractivity contribution in [3.8, 4) is 17.1 Å². The number of hydrogen-bond donors (Lipinski definition) is 1. The van der Waals surface area contributed by atoms with Gasteiger partial charge in [-0.25, -0.2) is 9.97 Å². The van der Waals surface area contributed by atoms with Gasteiger partial charge in [-0.2, -0.15) is 0 Å². The molecule has 4 nitrogen and oxygen atoms in total. The van der Waals surface area contributed by atoms with Gasteiger partial charge in [-0.1, -0.05) is 19.1 Å². The number of para-hydroxylation sites is 1. The summed E-state index contributed by atoms with van der Waals surface area (Å²) in [5.41, 5.74) is 7.83. The Morgan fingerprint density at radius 1 is 1.26 bits per heavy atom. The Hall–Kier alpha value is -1.94. The maximum Gasteiger partial charge on any atom is 0.163 e. The first kappa shape index (κ1) is 13.5. The Morgan fingerprint density at radius 2 is 2.05 bits per heavy atom. The Labute approximate surface area is 113 Å². The second-order valence-electron chi connectivity index (χ2n) is 4.44. The highest BCUT2D eigenvalue weighted by molar-refractivity contribution is 5.63. The molecule has 1 atom stereocenters. The quantitative estimate of drug-likeness (QED) is 0.893. The zero-order valence-corrected chi connectivity index (χ0v) is 11.3. The van der Waals surface area contributed by atoms with Gasteiger partial charge in [-0.15, -0.1) is 0 Å². The van der Waals surface area contributed by atoms with Crippen LogP contribution in [-0.4, -0.2) is 23.1 Å². The van der Waals surface area contributed by atoms with Crippen LogP contribution in [0.4, 0.5) is 0 Å². The highest BCUT2D eigenvalue weighted by atomic mass is 16.5. The SMILES string of the molecule is CCC(N)Cc1ccnc(-c2ccccc2OC)n1. The van der Waals surface area contributed by atoms with E-state index in [1.165, 1.54) is 0 Å². The van der Waals surface area contributed by atoms with Gasteiger partial charge >= 0.3 is 0 Å². The van der Waals surface area contributed by atoms with Crippen LogP contribution in [0.2, 0.25) is 0 Å². The predicted molar refractivity (Wildman–Crippen MR) is 76.0 cm³/mol. The number of nitrogens with zero attached hydrogens (tertiary/aromatic N) is 2. The number of benzene rings is 1. The van der Waals surface area contributed by atoms with E-state index in [0.29, 0.717) is 5.82 Å². The second-order valence-corrected chi connectivity index (χ2v) is 4.44. The molecule has 1 aromatic carbocycles. The minimum absolute atomic E-state index is 0.139. The lowest BCUT2D eigenvalue weighted by Gasteiger charge is -2.10. The van der Waals surface area contributed by atoms with E-state index in [9.17, 15) is 0 Å². The van der Waals surface area contributed by atoms with Crippen molar-refractivity contribution in [2.24, 2.45) is 5.73 Å². The van der Waals surface area contributed by atoms with Crippen molar-refractivity contribution < 1.29 is 4.74 Å². The average Bonchev–Trinajstić information content (AvgIpc) is 2.47. The molecule has 0 aliphatic heterocycles. The molecule has 4 heteroatoms. The standard InChI is InChI=1S/C15H19N3O/c1-3-11(16)10-12-8-9-17-15(18-12)13-6-4-5-7-14(13)19-2/h4-9,11H,3,10,16H2,1-2H3. The summed E-state index contributed by atoms with van der Waals surface area (Å²) in [7, 11) is 1.65. The van der Waals surface area contributed by atoms with Crippen LogP contribution in [0.5, 0.6) is 5.75 Å². The third kappa shape index (κ3) is 3.29. The molecule has 100 valence electrons. The van der Waals surface area contributed by atoms with E-state index in [0.717, 1.165) is 29.8 Å². The van der Waals surface area contributed by atoms with Crippen LogP contribution in [0.25, 0.3) is 11.4 Å². The highest BCUT2D eigenvalue weighted by Crippen LogP contribution is 2.26. The molecule has 0 aliphatic carbocycles. The van der Waals surface area contributed by atoms with Crippen LogP contribution in [0.3, 0.4) is 0 Å². The van der Waals surface area contributed by atoms with Crippen molar-refractivity contribution in [3.05, 3.63) is 42.2 Å². The molecule has 0 fully saturated rings. The molecular weight excluding hydrogens is 238 g/mol. The fourth-order valence-corrected chi connectivity index (χ4v) is 1.88. The number of nitrogens with two attached hydrogens (primary N) is 1. The van der Waals surface area contributed by atoms with Crippen molar-refractivity contribution >= 4 is 0 Å². The van der Waals surface area contributed by atoms with E-state index in [-0.39, 0.29) is 6.04 Å². The second kappa shape index (κ2) is 6.29. The van der Waals surface area contributed by atoms with E-state index in [1.54, 1.807) is 13.3 Å². The van der Waals surface area contributed by atoms with Gasteiger partial charge in [0.15, 0.2) is 5.82 Å². The number of rotatable bonds is 5. The minimum Gasteiger partial charge on any atom is -0.496 e. The van der Waals surface area contributed by atoms with E-state index in [1.807, 2.05) is 30.3 Å². The lowest BCUT2D eigenvalue weighted by molar-refractivity contribution is 0.416. The van der Waals surface area contributed by atoms with Gasteiger partial charge in [0.25, 0.3) is 0 Å². The van der Waals surface area contributed by atoms with E-state index >= 15 is 0 Å². The van der Waals surface area contributed by atoms with E-state index in [4.69, 9.17) is 10.5 Å². The predicted octanol–water partition coefficient (Wildman–Crippen LogP) is 2.43. The maximum absolute atomic E-state index is 5.96. The first-order valence-electron chi connectivity index (χ1n) is 6.45. The van der Waals surface area contributed by atoms with E-state index in [2.05, 4.69) is 16.9 Å². The number of hydrogen-bond acceptors (Lipinski definition) is 4. The van der Waals surface area contributed by atoms with Crippen LogP contribution < -0.4 is 10.5 Å². The van der Waals surface area contributed by atoms with Gasteiger partial charge in [0.05, 0.1) is 12.7 Å². The Morgan fingerprint density at radius 3 is 2.79 bits per heavy atom. The zero-order chi connectivity index (χ0) is 13.7. The molecule has 1 unspecified atom stereocenters. The van der Waals surface area contributed by atoms with Crippen molar-refractivity contribution in [2.45, 2.75) is 25.8 Å². The molecule has 2 rings (SSSR count). The number of aromatic nitrogens is 2. The lowest BCUT2D eigenvalue weighted by atomic mass is 10.1. The fourth-order valence-electron chi connectivity index (χ4n) is 1.88. The number of methoxy groups -OCH3 is 1. The van der Waals surface area contributed by atoms with Gasteiger partial charge in [0.2, 0.25) is 0 Å². The van der Waals surface area contributed by atoms with Crippen LogP contribution in [0.1, 0.15) is 19.0 Å². The minimum atomic E-state index is 0.139. The first-order chi connectivity index (χ1) is 9.24. The molecule has 0 radical (unpaired) electrons. The molecule has 1 aromatic heterocycles. The van der Waals surface area contributed by atoms with Crippen LogP contribution in [-0.2, 0) is 6.42 Å². The number of ether oxygens (including phenoxy) is 1. The van der Waals surface area contributed by atoms with Gasteiger partial charge in [0, 0.05) is 24.4 Å². The third-order valence-corrected chi connectivity index (χ3v) is 3.06. The Bertz CT molecular complexity index is 542. The molecule has 0 aliphatic rings. The third-order valence-electron chi connectivity index (χ3n) is 3.06. The monoisotopic (exact) mass is 257 g/mol. The van der Waals surface area contributed by atoms with Crippen LogP contribution in [0, 0.1) is 0 Å². The molecule has 2 N–H and O–H groups in total. The smallest absolute Gasteiger partial charge is 0.163 e. The first-order valence-corrected chi connectivity index (χ1v) is 6.45. The maximum atomic E-state index is 5.96. The van der Waals surface area contributed by atoms with Gasteiger partial charge in [-0.05, 0) is 24.6 Å². The highest BCUT2D eigenvalue weighted by Gasteiger charge is 2.09. The summed E-state index contributed by atoms with van der Waals surface area (Å²) in [6.07, 6.45) is 3.47. The van der Waals surface area contributed by atoms with Crippen LogP contribution in [0.15, 0.2) is 36.5 Å². The molecular formula is C15H19N3O. The van der Waals surface area contributed by atoms with Gasteiger partial charge < -0.3 is 10.5 Å². The van der Waals surface area contributed by atoms with Crippen molar-refractivity contribution in [2.75, 3.05) is 7.11 Å². The van der Waals surface area contributed by atoms with Crippen molar-refractivity contribution in [3.63, 3.8) is 0 Å². The van der Waals surface area contributed by atoms with Crippen LogP contribution >= 0.6 is 0 Å². The zero-order valence-electron chi connectivity index (χ0n) is 11.3. The molecule has 0 amide bonds. The lowest BCUT2D eigenvalue weighted by Crippen LogP contribution is -2.22. The normalized spacial score (nSPS) is 12.2. The molecule has 1 heterocycles. The molecule has 0 saturated carbocycles. The topological polar surface area (TPSA) is 61.0 Å². The fraction of sp³-hybridized carbons (Fsp3) is 0.333. The summed E-state index contributed by atoms with van der Waals surface area (Å²) in [5, 5.41) is 0. The van der Waals surface area contributed by atoms with E-state index < -0.39 is 0 Å². The molecule has 0 bridgehead atoms. The van der Waals surface area contributed by atoms with Crippen molar-refractivity contribution in [1.29, 1.82) is 0 Å². The van der Waals surface area contributed by atoms with Crippen molar-refractivity contribution in [1.82, 2.24) is 9.97 Å². The molecule has 0 saturated heterocycles. The molecule has 2 aromatic rings. The summed E-state index contributed by atoms with van der Waals surface area (Å²) in [6.45, 7) is 2.08.